The summed E-state index contributed by atoms with van der Waals surface area (Å²) in [5.41, 5.74) is -0.747. The van der Waals surface area contributed by atoms with E-state index in [-0.39, 0.29) is 30.3 Å². The van der Waals surface area contributed by atoms with Gasteiger partial charge in [0.2, 0.25) is 23.6 Å². The number of ether oxygens (including phenoxy) is 1. The molecule has 0 rings (SSSR count). The number of aliphatic hydroxyl groups is 1. The summed E-state index contributed by atoms with van der Waals surface area (Å²) in [7, 11) is 0. The quantitative estimate of drug-likeness (QED) is 0.158. The van der Waals surface area contributed by atoms with Gasteiger partial charge >= 0.3 is 6.09 Å². The molecular weight excluding hydrogens is 542 g/mol. The lowest BCUT2D eigenvalue weighted by atomic mass is 9.99. The maximum atomic E-state index is 13.2. The van der Waals surface area contributed by atoms with Crippen molar-refractivity contribution < 1.29 is 33.8 Å². The van der Waals surface area contributed by atoms with Gasteiger partial charge in [0, 0.05) is 0 Å². The molecule has 5 amide bonds. The Bertz CT molecular complexity index is 899. The number of rotatable bonds is 16. The Kier molecular flexibility index (Phi) is 16.7. The van der Waals surface area contributed by atoms with Crippen molar-refractivity contribution >= 4 is 29.7 Å². The molecule has 6 N–H and O–H groups in total. The Balaban J connectivity index is 5.53. The van der Waals surface area contributed by atoms with Crippen LogP contribution >= 0.6 is 0 Å². The average molecular weight is 600 g/mol. The number of aliphatic hydroxyl groups excluding tert-OH is 1. The van der Waals surface area contributed by atoms with E-state index in [2.05, 4.69) is 26.6 Å². The van der Waals surface area contributed by atoms with Gasteiger partial charge in [0.15, 0.2) is 0 Å². The Morgan fingerprint density at radius 3 is 1.52 bits per heavy atom. The van der Waals surface area contributed by atoms with E-state index in [1.807, 2.05) is 27.7 Å². The normalized spacial score (nSPS) is 15.5. The van der Waals surface area contributed by atoms with Gasteiger partial charge in [0.1, 0.15) is 29.8 Å². The molecule has 0 aliphatic heterocycles. The number of nitrogens with one attached hydrogen (secondary N) is 5. The van der Waals surface area contributed by atoms with Crippen molar-refractivity contribution in [3.8, 4) is 0 Å². The Morgan fingerprint density at radius 1 is 0.619 bits per heavy atom. The third-order valence-electron chi connectivity index (χ3n) is 6.28. The van der Waals surface area contributed by atoms with Gasteiger partial charge in [0.05, 0.1) is 12.6 Å². The van der Waals surface area contributed by atoms with Gasteiger partial charge in [-0.3, -0.25) is 19.2 Å². The fourth-order valence-electron chi connectivity index (χ4n) is 4.17. The SMILES string of the molecule is CC(C)C[C@@H](CO)NC(=O)[C@@H](NC(=O)[C@H](C)NC(=O)[C@H](CC(C)C)NC(=O)[C@@H](NC(=O)OC(C)(C)C)C(C)C)C(C)C. The van der Waals surface area contributed by atoms with Crippen LogP contribution in [0, 0.1) is 23.7 Å². The van der Waals surface area contributed by atoms with Crippen molar-refractivity contribution in [1.82, 2.24) is 26.6 Å². The van der Waals surface area contributed by atoms with E-state index in [0.29, 0.717) is 12.8 Å². The van der Waals surface area contributed by atoms with E-state index < -0.39 is 65.5 Å². The molecule has 42 heavy (non-hydrogen) atoms. The molecule has 0 aromatic rings. The third kappa shape index (κ3) is 15.4. The Labute approximate surface area is 252 Å². The first kappa shape index (κ1) is 39.1. The van der Waals surface area contributed by atoms with Crippen LogP contribution in [0.2, 0.25) is 0 Å². The van der Waals surface area contributed by atoms with Gasteiger partial charge in [-0.15, -0.1) is 0 Å². The fourth-order valence-corrected chi connectivity index (χ4v) is 4.17. The number of hydrogen-bond acceptors (Lipinski definition) is 7. The van der Waals surface area contributed by atoms with E-state index in [0.717, 1.165) is 0 Å². The molecule has 12 nitrogen and oxygen atoms in total. The van der Waals surface area contributed by atoms with E-state index >= 15 is 0 Å². The lowest BCUT2D eigenvalue weighted by Crippen LogP contribution is -2.59. The molecule has 0 aliphatic rings. The topological polar surface area (TPSA) is 175 Å². The van der Waals surface area contributed by atoms with Crippen LogP contribution in [0.4, 0.5) is 4.79 Å². The zero-order chi connectivity index (χ0) is 32.9. The highest BCUT2D eigenvalue weighted by Gasteiger charge is 2.33. The smallest absolute Gasteiger partial charge is 0.408 e. The van der Waals surface area contributed by atoms with E-state index in [1.165, 1.54) is 6.92 Å². The van der Waals surface area contributed by atoms with E-state index in [4.69, 9.17) is 4.74 Å². The van der Waals surface area contributed by atoms with Gasteiger partial charge in [-0.25, -0.2) is 4.79 Å². The molecule has 0 unspecified atom stereocenters. The van der Waals surface area contributed by atoms with Gasteiger partial charge in [-0.2, -0.15) is 0 Å². The highest BCUT2D eigenvalue weighted by Crippen LogP contribution is 2.12. The molecule has 0 fully saturated rings. The van der Waals surface area contributed by atoms with Crippen LogP contribution in [0.5, 0.6) is 0 Å². The number of amides is 5. The molecule has 0 radical (unpaired) electrons. The third-order valence-corrected chi connectivity index (χ3v) is 6.28. The molecule has 0 saturated heterocycles. The number of carbonyl (C=O) groups is 5. The molecule has 5 atom stereocenters. The summed E-state index contributed by atoms with van der Waals surface area (Å²) < 4.78 is 5.28. The van der Waals surface area contributed by atoms with Crippen LogP contribution in [0.3, 0.4) is 0 Å². The first-order valence-electron chi connectivity index (χ1n) is 15.0. The van der Waals surface area contributed by atoms with Crippen molar-refractivity contribution in [1.29, 1.82) is 0 Å². The summed E-state index contributed by atoms with van der Waals surface area (Å²) in [6.07, 6.45) is 0.129. The minimum absolute atomic E-state index is 0.0285. The minimum Gasteiger partial charge on any atom is -0.444 e. The summed E-state index contributed by atoms with van der Waals surface area (Å²) in [5.74, 6) is -2.37. The Hall–Kier alpha value is -2.89. The van der Waals surface area contributed by atoms with Crippen molar-refractivity contribution in [3.05, 3.63) is 0 Å². The predicted molar refractivity (Wildman–Crippen MR) is 162 cm³/mol. The summed E-state index contributed by atoms with van der Waals surface area (Å²) in [6.45, 7) is 21.3. The molecular formula is C30H57N5O7. The first-order valence-corrected chi connectivity index (χ1v) is 15.0. The summed E-state index contributed by atoms with van der Waals surface area (Å²) in [4.78, 5) is 64.7. The Morgan fingerprint density at radius 2 is 1.10 bits per heavy atom. The molecule has 0 aliphatic carbocycles. The number of carbonyl (C=O) groups excluding carboxylic acids is 5. The zero-order valence-corrected chi connectivity index (χ0v) is 27.7. The van der Waals surface area contributed by atoms with Crippen molar-refractivity contribution in [3.63, 3.8) is 0 Å². The van der Waals surface area contributed by atoms with Crippen LogP contribution in [-0.4, -0.2) is 77.2 Å². The van der Waals surface area contributed by atoms with Crippen LogP contribution in [0.25, 0.3) is 0 Å². The van der Waals surface area contributed by atoms with E-state index in [9.17, 15) is 29.1 Å². The monoisotopic (exact) mass is 599 g/mol. The van der Waals surface area contributed by atoms with E-state index in [1.54, 1.807) is 48.5 Å². The zero-order valence-electron chi connectivity index (χ0n) is 27.7. The molecule has 12 heteroatoms. The second-order valence-electron chi connectivity index (χ2n) is 13.5. The number of hydrogen-bond donors (Lipinski definition) is 6. The summed E-state index contributed by atoms with van der Waals surface area (Å²) in [5, 5.41) is 23.1. The second kappa shape index (κ2) is 17.9. The van der Waals surface area contributed by atoms with Crippen molar-refractivity contribution in [2.75, 3.05) is 6.61 Å². The van der Waals surface area contributed by atoms with Crippen LogP contribution in [0.15, 0.2) is 0 Å². The van der Waals surface area contributed by atoms with Crippen LogP contribution in [0.1, 0.15) is 95.9 Å². The minimum atomic E-state index is -1.01. The molecule has 0 spiro atoms. The highest BCUT2D eigenvalue weighted by molar-refractivity contribution is 5.95. The molecule has 0 bridgehead atoms. The largest absolute Gasteiger partial charge is 0.444 e. The fraction of sp³-hybridized carbons (Fsp3) is 0.833. The van der Waals surface area contributed by atoms with Gasteiger partial charge in [-0.1, -0.05) is 55.4 Å². The molecule has 0 aromatic heterocycles. The standard InChI is InChI=1S/C30H57N5O7/c1-16(2)13-21(15-36)32-27(39)23(18(5)6)34-25(37)20(9)31-26(38)22(14-17(3)4)33-28(40)24(19(7)8)35-29(41)42-30(10,11)12/h16-24,36H,13-15H2,1-12H3,(H,31,38)(H,32,39)(H,33,40)(H,34,37)(H,35,41)/t20-,21-,22-,23-,24-/m0/s1. The highest BCUT2D eigenvalue weighted by atomic mass is 16.6. The summed E-state index contributed by atoms with van der Waals surface area (Å²) >= 11 is 0. The lowest BCUT2D eigenvalue weighted by Gasteiger charge is -2.29. The van der Waals surface area contributed by atoms with Crippen LogP contribution in [-0.2, 0) is 23.9 Å². The maximum absolute atomic E-state index is 13.2. The lowest BCUT2D eigenvalue weighted by molar-refractivity contribution is -0.134. The van der Waals surface area contributed by atoms with Gasteiger partial charge < -0.3 is 36.4 Å². The van der Waals surface area contributed by atoms with Crippen LogP contribution < -0.4 is 26.6 Å². The summed E-state index contributed by atoms with van der Waals surface area (Å²) in [6, 6.07) is -4.25. The van der Waals surface area contributed by atoms with Gasteiger partial charge in [-0.05, 0) is 64.2 Å². The van der Waals surface area contributed by atoms with Crippen molar-refractivity contribution in [2.45, 2.75) is 132 Å². The second-order valence-corrected chi connectivity index (χ2v) is 13.5. The molecule has 0 saturated carbocycles. The molecule has 0 aromatic carbocycles. The predicted octanol–water partition coefficient (Wildman–Crippen LogP) is 2.24. The first-order chi connectivity index (χ1) is 19.2. The molecule has 0 heterocycles. The molecule has 244 valence electrons. The average Bonchev–Trinajstić information content (AvgIpc) is 2.82. The number of alkyl carbamates (subject to hydrolysis) is 1. The maximum Gasteiger partial charge on any atom is 0.408 e. The van der Waals surface area contributed by atoms with Gasteiger partial charge in [0.25, 0.3) is 0 Å². The van der Waals surface area contributed by atoms with Crippen molar-refractivity contribution in [2.24, 2.45) is 23.7 Å².